The van der Waals surface area contributed by atoms with E-state index in [1.807, 2.05) is 47.3 Å². The van der Waals surface area contributed by atoms with Crippen molar-refractivity contribution in [2.45, 2.75) is 32.0 Å². The van der Waals surface area contributed by atoms with Crippen molar-refractivity contribution in [3.63, 3.8) is 0 Å². The van der Waals surface area contributed by atoms with Crippen molar-refractivity contribution < 1.29 is 4.92 Å². The molecule has 4 rings (SSSR count). The molecule has 0 unspecified atom stereocenters. The van der Waals surface area contributed by atoms with Crippen molar-refractivity contribution in [3.05, 3.63) is 88.2 Å². The normalized spacial score (nSPS) is 13.9. The fourth-order valence-electron chi connectivity index (χ4n) is 3.15. The molecule has 0 N–H and O–H groups in total. The Balaban J connectivity index is 1.49. The lowest BCUT2D eigenvalue weighted by molar-refractivity contribution is -0.384. The molecule has 1 aliphatic carbocycles. The minimum Gasteiger partial charge on any atom is -0.292 e. The summed E-state index contributed by atoms with van der Waals surface area (Å²) in [4.78, 5) is 13.0. The smallest absolute Gasteiger partial charge is 0.269 e. The molecule has 0 amide bonds. The molecule has 0 saturated heterocycles. The lowest BCUT2D eigenvalue weighted by atomic mass is 10.1. The summed E-state index contributed by atoms with van der Waals surface area (Å²) in [6.45, 7) is 1.50. The van der Waals surface area contributed by atoms with Crippen LogP contribution in [0.1, 0.15) is 24.0 Å². The Labute approximate surface area is 151 Å². The Hall–Kier alpha value is -2.99. The van der Waals surface area contributed by atoms with Crippen molar-refractivity contribution in [1.29, 1.82) is 0 Å². The maximum atomic E-state index is 11.0. The fourth-order valence-corrected chi connectivity index (χ4v) is 3.15. The zero-order valence-corrected chi connectivity index (χ0v) is 14.4. The minimum absolute atomic E-state index is 0.148. The lowest BCUT2D eigenvalue weighted by Crippen LogP contribution is -2.24. The maximum absolute atomic E-state index is 11.0. The topological polar surface area (TPSA) is 64.2 Å². The number of hydrogen-bond donors (Lipinski definition) is 0. The van der Waals surface area contributed by atoms with Gasteiger partial charge >= 0.3 is 0 Å². The van der Waals surface area contributed by atoms with E-state index in [0.717, 1.165) is 23.4 Å². The molecule has 0 bridgehead atoms. The molecule has 0 aliphatic heterocycles. The summed E-state index contributed by atoms with van der Waals surface area (Å²) in [5.41, 5.74) is 3.30. The quantitative estimate of drug-likeness (QED) is 0.479. The van der Waals surface area contributed by atoms with Gasteiger partial charge in [-0.25, -0.2) is 4.68 Å². The van der Waals surface area contributed by atoms with Crippen LogP contribution in [0.4, 0.5) is 5.69 Å². The molecule has 6 heteroatoms. The number of benzene rings is 2. The molecule has 0 radical (unpaired) electrons. The molecule has 26 heavy (non-hydrogen) atoms. The fraction of sp³-hybridized carbons (Fsp3) is 0.250. The number of aromatic nitrogens is 2. The third-order valence-electron chi connectivity index (χ3n) is 4.61. The monoisotopic (exact) mass is 348 g/mol. The summed E-state index contributed by atoms with van der Waals surface area (Å²) in [5, 5.41) is 15.5. The first-order chi connectivity index (χ1) is 12.7. The first kappa shape index (κ1) is 16.5. The summed E-state index contributed by atoms with van der Waals surface area (Å²) in [6.07, 6.45) is 6.32. The second-order valence-electron chi connectivity index (χ2n) is 6.69. The third kappa shape index (κ3) is 3.81. The van der Waals surface area contributed by atoms with Crippen LogP contribution in [0.15, 0.2) is 67.0 Å². The van der Waals surface area contributed by atoms with E-state index in [2.05, 4.69) is 16.2 Å². The highest BCUT2D eigenvalue weighted by molar-refractivity contribution is 5.34. The summed E-state index contributed by atoms with van der Waals surface area (Å²) < 4.78 is 1.88. The van der Waals surface area contributed by atoms with E-state index in [1.54, 1.807) is 12.1 Å². The van der Waals surface area contributed by atoms with Gasteiger partial charge in [-0.2, -0.15) is 5.10 Å². The first-order valence-electron chi connectivity index (χ1n) is 8.75. The molecule has 6 nitrogen and oxygen atoms in total. The second kappa shape index (κ2) is 7.09. The molecule has 1 heterocycles. The van der Waals surface area contributed by atoms with E-state index in [0.29, 0.717) is 12.6 Å². The molecule has 0 spiro atoms. The standard InChI is InChI=1S/C20H20N4O2/c25-24(26)20-8-4-5-16(11-20)13-22(18-9-10-18)14-17-12-21-23(15-17)19-6-2-1-3-7-19/h1-8,11-12,15,18H,9-10,13-14H2. The van der Waals surface area contributed by atoms with E-state index < -0.39 is 0 Å². The third-order valence-corrected chi connectivity index (χ3v) is 4.61. The molecule has 2 aromatic carbocycles. The summed E-state index contributed by atoms with van der Waals surface area (Å²) >= 11 is 0. The van der Waals surface area contributed by atoms with Gasteiger partial charge in [0.15, 0.2) is 0 Å². The molecule has 0 atom stereocenters. The Morgan fingerprint density at radius 3 is 2.58 bits per heavy atom. The Bertz CT molecular complexity index is 903. The molecule has 132 valence electrons. The highest BCUT2D eigenvalue weighted by Gasteiger charge is 2.29. The van der Waals surface area contributed by atoms with Crippen LogP contribution in [0.5, 0.6) is 0 Å². The van der Waals surface area contributed by atoms with Crippen LogP contribution in [0.2, 0.25) is 0 Å². The van der Waals surface area contributed by atoms with Crippen LogP contribution < -0.4 is 0 Å². The van der Waals surface area contributed by atoms with Gasteiger partial charge < -0.3 is 0 Å². The van der Waals surface area contributed by atoms with E-state index in [-0.39, 0.29) is 10.6 Å². The highest BCUT2D eigenvalue weighted by atomic mass is 16.6. The number of nitrogens with zero attached hydrogens (tertiary/aromatic N) is 4. The SMILES string of the molecule is O=[N+]([O-])c1cccc(CN(Cc2cnn(-c3ccccc3)c2)C2CC2)c1. The van der Waals surface area contributed by atoms with Gasteiger partial charge in [-0.3, -0.25) is 15.0 Å². The summed E-state index contributed by atoms with van der Waals surface area (Å²) in [6, 6.07) is 17.5. The van der Waals surface area contributed by atoms with Gasteiger partial charge in [0.25, 0.3) is 5.69 Å². The van der Waals surface area contributed by atoms with Crippen LogP contribution in [0, 0.1) is 10.1 Å². The zero-order valence-electron chi connectivity index (χ0n) is 14.4. The molecule has 1 saturated carbocycles. The molecule has 3 aromatic rings. The number of para-hydroxylation sites is 1. The number of nitro groups is 1. The van der Waals surface area contributed by atoms with Gasteiger partial charge in [0.1, 0.15) is 0 Å². The maximum Gasteiger partial charge on any atom is 0.269 e. The molecule has 1 fully saturated rings. The van der Waals surface area contributed by atoms with Gasteiger partial charge in [-0.1, -0.05) is 30.3 Å². The Kier molecular flexibility index (Phi) is 4.50. The number of hydrogen-bond acceptors (Lipinski definition) is 4. The predicted octanol–water partition coefficient (Wildman–Crippen LogP) is 3.95. The van der Waals surface area contributed by atoms with Gasteiger partial charge in [0.05, 0.1) is 16.8 Å². The van der Waals surface area contributed by atoms with E-state index in [9.17, 15) is 10.1 Å². The molecular weight excluding hydrogens is 328 g/mol. The van der Waals surface area contributed by atoms with Crippen molar-refractivity contribution in [2.75, 3.05) is 0 Å². The van der Waals surface area contributed by atoms with Gasteiger partial charge in [-0.15, -0.1) is 0 Å². The van der Waals surface area contributed by atoms with Crippen LogP contribution in [-0.4, -0.2) is 25.6 Å². The van der Waals surface area contributed by atoms with E-state index in [1.165, 1.54) is 18.9 Å². The Morgan fingerprint density at radius 2 is 1.85 bits per heavy atom. The molecule has 1 aliphatic rings. The molecular formula is C20H20N4O2. The lowest BCUT2D eigenvalue weighted by Gasteiger charge is -2.21. The Morgan fingerprint density at radius 1 is 1.08 bits per heavy atom. The van der Waals surface area contributed by atoms with Crippen molar-refractivity contribution >= 4 is 5.69 Å². The van der Waals surface area contributed by atoms with Gasteiger partial charge in [0.2, 0.25) is 0 Å². The minimum atomic E-state index is -0.338. The number of nitro benzene ring substituents is 1. The van der Waals surface area contributed by atoms with Crippen molar-refractivity contribution in [3.8, 4) is 5.69 Å². The highest BCUT2D eigenvalue weighted by Crippen LogP contribution is 2.30. The summed E-state index contributed by atoms with van der Waals surface area (Å²) in [7, 11) is 0. The van der Waals surface area contributed by atoms with Gasteiger partial charge in [0, 0.05) is 43.0 Å². The average molecular weight is 348 g/mol. The van der Waals surface area contributed by atoms with Crippen molar-refractivity contribution in [2.24, 2.45) is 0 Å². The van der Waals surface area contributed by atoms with E-state index in [4.69, 9.17) is 0 Å². The largest absolute Gasteiger partial charge is 0.292 e. The van der Waals surface area contributed by atoms with Crippen LogP contribution in [0.25, 0.3) is 5.69 Å². The second-order valence-corrected chi connectivity index (χ2v) is 6.69. The number of non-ortho nitro benzene ring substituents is 1. The number of rotatable bonds is 7. The zero-order chi connectivity index (χ0) is 17.9. The first-order valence-corrected chi connectivity index (χ1v) is 8.75. The predicted molar refractivity (Wildman–Crippen MR) is 98.9 cm³/mol. The molecule has 1 aromatic heterocycles. The van der Waals surface area contributed by atoms with Crippen molar-refractivity contribution in [1.82, 2.24) is 14.7 Å². The van der Waals surface area contributed by atoms with Crippen LogP contribution >= 0.6 is 0 Å². The summed E-state index contributed by atoms with van der Waals surface area (Å²) in [5.74, 6) is 0. The van der Waals surface area contributed by atoms with Crippen LogP contribution in [0.3, 0.4) is 0 Å². The van der Waals surface area contributed by atoms with E-state index >= 15 is 0 Å². The van der Waals surface area contributed by atoms with Gasteiger partial charge in [-0.05, 0) is 30.5 Å². The average Bonchev–Trinajstić information content (AvgIpc) is 3.41. The van der Waals surface area contributed by atoms with Crippen LogP contribution in [-0.2, 0) is 13.1 Å².